The number of carbonyl (C=O) groups is 1. The molecule has 2 N–H and O–H groups in total. The fraction of sp³-hybridized carbons (Fsp3) is 0.273. The Balaban J connectivity index is 1.84. The van der Waals surface area contributed by atoms with Crippen LogP contribution in [0.2, 0.25) is 0 Å². The summed E-state index contributed by atoms with van der Waals surface area (Å²) in [5.74, 6) is 0.0303. The molecule has 2 aliphatic rings. The van der Waals surface area contributed by atoms with Gasteiger partial charge in [0, 0.05) is 24.5 Å². The van der Waals surface area contributed by atoms with Gasteiger partial charge < -0.3 is 14.9 Å². The number of hydrogen-bond donors (Lipinski definition) is 1. The van der Waals surface area contributed by atoms with Gasteiger partial charge in [0.1, 0.15) is 28.9 Å². The number of nitrogens with two attached hydrogens (primary N) is 1. The molecule has 0 unspecified atom stereocenters. The maximum atomic E-state index is 13.0. The van der Waals surface area contributed by atoms with Crippen molar-refractivity contribution in [1.29, 1.82) is 5.26 Å². The first-order chi connectivity index (χ1) is 14.2. The molecule has 2 aromatic rings. The van der Waals surface area contributed by atoms with Crippen LogP contribution in [-0.2, 0) is 9.53 Å². The summed E-state index contributed by atoms with van der Waals surface area (Å²) in [6.45, 7) is 3.93. The molecule has 1 atom stereocenters. The van der Waals surface area contributed by atoms with Gasteiger partial charge in [0.2, 0.25) is 5.88 Å². The second-order valence-electron chi connectivity index (χ2n) is 8.18. The number of benzene rings is 1. The zero-order chi connectivity index (χ0) is 21.6. The zero-order valence-electron chi connectivity index (χ0n) is 16.5. The predicted molar refractivity (Wildman–Crippen MR) is 106 cm³/mol. The van der Waals surface area contributed by atoms with Gasteiger partial charge >= 0.3 is 0 Å². The van der Waals surface area contributed by atoms with E-state index in [0.717, 1.165) is 0 Å². The first kappa shape index (κ1) is 19.5. The molecule has 0 radical (unpaired) electrons. The van der Waals surface area contributed by atoms with Gasteiger partial charge in [-0.15, -0.1) is 0 Å². The number of nitrogens with zero attached hydrogens (tertiary/aromatic N) is 2. The van der Waals surface area contributed by atoms with Crippen molar-refractivity contribution in [3.05, 3.63) is 75.1 Å². The van der Waals surface area contributed by atoms with E-state index in [1.807, 2.05) is 19.9 Å². The maximum absolute atomic E-state index is 13.0. The maximum Gasteiger partial charge on any atom is 0.280 e. The molecule has 0 saturated heterocycles. The zero-order valence-corrected chi connectivity index (χ0v) is 16.5. The molecule has 8 nitrogen and oxygen atoms in total. The van der Waals surface area contributed by atoms with Crippen molar-refractivity contribution in [2.75, 3.05) is 0 Å². The summed E-state index contributed by atoms with van der Waals surface area (Å²) < 4.78 is 11.6. The topological polar surface area (TPSA) is 132 Å². The molecule has 1 aliphatic carbocycles. The highest BCUT2D eigenvalue weighted by Crippen LogP contribution is 2.48. The molecule has 0 saturated carbocycles. The Morgan fingerprint density at radius 3 is 2.67 bits per heavy atom. The summed E-state index contributed by atoms with van der Waals surface area (Å²) >= 11 is 0. The van der Waals surface area contributed by atoms with Gasteiger partial charge in [-0.2, -0.15) is 5.26 Å². The van der Waals surface area contributed by atoms with Crippen molar-refractivity contribution < 1.29 is 18.9 Å². The quantitative estimate of drug-likeness (QED) is 0.594. The van der Waals surface area contributed by atoms with Crippen molar-refractivity contribution in [3.63, 3.8) is 0 Å². The number of nitro groups is 1. The number of Topliss-reactive ketones (excluding diaryl/α,β-unsaturated/α-hetero) is 1. The van der Waals surface area contributed by atoms with Crippen molar-refractivity contribution in [1.82, 2.24) is 0 Å². The minimum Gasteiger partial charge on any atom is -0.460 e. The lowest BCUT2D eigenvalue weighted by molar-refractivity contribution is -0.384. The molecular formula is C22H19N3O5. The van der Waals surface area contributed by atoms with Crippen LogP contribution in [0.15, 0.2) is 63.6 Å². The first-order valence-corrected chi connectivity index (χ1v) is 9.39. The Kier molecular flexibility index (Phi) is 4.46. The summed E-state index contributed by atoms with van der Waals surface area (Å²) in [6.07, 6.45) is 0.809. The number of nitriles is 1. The van der Waals surface area contributed by atoms with Gasteiger partial charge in [-0.1, -0.05) is 26.0 Å². The van der Waals surface area contributed by atoms with Crippen LogP contribution in [0.5, 0.6) is 0 Å². The number of hydrogen-bond acceptors (Lipinski definition) is 7. The number of allylic oxidation sites excluding steroid dienone is 3. The first-order valence-electron chi connectivity index (χ1n) is 9.39. The molecule has 152 valence electrons. The van der Waals surface area contributed by atoms with Gasteiger partial charge in [0.15, 0.2) is 5.78 Å². The number of carbonyl (C=O) groups excluding carboxylic acids is 1. The molecular weight excluding hydrogens is 386 g/mol. The van der Waals surface area contributed by atoms with Crippen molar-refractivity contribution in [2.24, 2.45) is 11.1 Å². The van der Waals surface area contributed by atoms with E-state index in [-0.39, 0.29) is 34.1 Å². The Morgan fingerprint density at radius 1 is 1.23 bits per heavy atom. The van der Waals surface area contributed by atoms with Gasteiger partial charge in [0.25, 0.3) is 5.69 Å². The van der Waals surface area contributed by atoms with Crippen LogP contribution in [-0.4, -0.2) is 10.7 Å². The SMILES string of the molecule is CC1(C)CC(=O)C2=C(C1)OC(N)=C(C#N)[C@H]2c1ccc(-c2ccccc2[N+](=O)[O-])o1. The van der Waals surface area contributed by atoms with E-state index in [1.165, 1.54) is 6.07 Å². The lowest BCUT2D eigenvalue weighted by atomic mass is 9.71. The van der Waals surface area contributed by atoms with Crippen molar-refractivity contribution >= 4 is 11.5 Å². The third-order valence-corrected chi connectivity index (χ3v) is 5.35. The molecule has 0 amide bonds. The number of para-hydroxylation sites is 1. The molecule has 0 bridgehead atoms. The largest absolute Gasteiger partial charge is 0.460 e. The Bertz CT molecular complexity index is 1180. The minimum atomic E-state index is -0.807. The highest BCUT2D eigenvalue weighted by molar-refractivity contribution is 5.99. The third kappa shape index (κ3) is 3.14. The van der Waals surface area contributed by atoms with Crippen LogP contribution in [0.25, 0.3) is 11.3 Å². The van der Waals surface area contributed by atoms with Crippen LogP contribution in [0.3, 0.4) is 0 Å². The van der Waals surface area contributed by atoms with Crippen LogP contribution in [0.4, 0.5) is 5.69 Å². The fourth-order valence-corrected chi connectivity index (χ4v) is 4.06. The Morgan fingerprint density at radius 2 is 1.97 bits per heavy atom. The second kappa shape index (κ2) is 6.88. The molecule has 1 aromatic heterocycles. The standard InChI is InChI=1S/C22H19N3O5/c1-22(2)9-15(26)20-18(10-22)30-21(24)13(11-23)19(20)17-8-7-16(29-17)12-5-3-4-6-14(12)25(27)28/h3-8,19H,9-10,24H2,1-2H3/t19-/m0/s1. The normalized spacial score (nSPS) is 20.4. The number of nitro benzene ring substituents is 1. The Labute approximate surface area is 172 Å². The molecule has 0 spiro atoms. The van der Waals surface area contributed by atoms with E-state index < -0.39 is 10.8 Å². The summed E-state index contributed by atoms with van der Waals surface area (Å²) in [5.41, 5.74) is 6.37. The van der Waals surface area contributed by atoms with E-state index >= 15 is 0 Å². The van der Waals surface area contributed by atoms with Crippen LogP contribution in [0.1, 0.15) is 38.4 Å². The van der Waals surface area contributed by atoms with E-state index in [0.29, 0.717) is 35.5 Å². The fourth-order valence-electron chi connectivity index (χ4n) is 4.06. The number of rotatable bonds is 3. The average Bonchev–Trinajstić information content (AvgIpc) is 3.15. The second-order valence-corrected chi connectivity index (χ2v) is 8.18. The van der Waals surface area contributed by atoms with Gasteiger partial charge in [-0.05, 0) is 23.6 Å². The lowest BCUT2D eigenvalue weighted by Crippen LogP contribution is -2.33. The highest BCUT2D eigenvalue weighted by Gasteiger charge is 2.44. The van der Waals surface area contributed by atoms with Gasteiger partial charge in [-0.25, -0.2) is 0 Å². The number of furan rings is 1. The van der Waals surface area contributed by atoms with E-state index in [4.69, 9.17) is 14.9 Å². The van der Waals surface area contributed by atoms with E-state index in [1.54, 1.807) is 30.3 Å². The summed E-state index contributed by atoms with van der Waals surface area (Å²) in [6, 6.07) is 11.4. The number of ether oxygens (including phenoxy) is 1. The molecule has 1 aromatic carbocycles. The highest BCUT2D eigenvalue weighted by atomic mass is 16.6. The summed E-state index contributed by atoms with van der Waals surface area (Å²) in [7, 11) is 0. The monoisotopic (exact) mass is 405 g/mol. The van der Waals surface area contributed by atoms with Gasteiger partial charge in [0.05, 0.1) is 16.4 Å². The third-order valence-electron chi connectivity index (χ3n) is 5.35. The predicted octanol–water partition coefficient (Wildman–Crippen LogP) is 4.31. The molecule has 4 rings (SSSR count). The smallest absolute Gasteiger partial charge is 0.280 e. The molecule has 30 heavy (non-hydrogen) atoms. The molecule has 8 heteroatoms. The van der Waals surface area contributed by atoms with Crippen LogP contribution in [0, 0.1) is 26.9 Å². The molecule has 2 heterocycles. The van der Waals surface area contributed by atoms with E-state index in [9.17, 15) is 20.2 Å². The van der Waals surface area contributed by atoms with Crippen LogP contribution < -0.4 is 5.73 Å². The number of ketones is 1. The van der Waals surface area contributed by atoms with Crippen LogP contribution >= 0.6 is 0 Å². The van der Waals surface area contributed by atoms with Crippen molar-refractivity contribution in [3.8, 4) is 17.4 Å². The molecule has 1 aliphatic heterocycles. The van der Waals surface area contributed by atoms with Crippen molar-refractivity contribution in [2.45, 2.75) is 32.6 Å². The molecule has 0 fully saturated rings. The Hall–Kier alpha value is -3.86. The van der Waals surface area contributed by atoms with E-state index in [2.05, 4.69) is 0 Å². The summed E-state index contributed by atoms with van der Waals surface area (Å²) in [5, 5.41) is 21.0. The minimum absolute atomic E-state index is 0.0598. The lowest BCUT2D eigenvalue weighted by Gasteiger charge is -2.36. The summed E-state index contributed by atoms with van der Waals surface area (Å²) in [4.78, 5) is 23.9. The van der Waals surface area contributed by atoms with Gasteiger partial charge in [-0.3, -0.25) is 14.9 Å². The average molecular weight is 405 g/mol.